The number of phenols is 2. The van der Waals surface area contributed by atoms with Gasteiger partial charge in [0, 0.05) is 12.1 Å². The molecule has 0 fully saturated rings. The van der Waals surface area contributed by atoms with Crippen molar-refractivity contribution < 1.29 is 20.0 Å². The molecule has 0 aromatic heterocycles. The number of anilines is 1. The summed E-state index contributed by atoms with van der Waals surface area (Å²) in [7, 11) is 0. The van der Waals surface area contributed by atoms with E-state index < -0.39 is 0 Å². The molecule has 0 saturated heterocycles. The lowest BCUT2D eigenvalue weighted by Crippen LogP contribution is -2.70. The molecule has 1 aliphatic heterocycles. The summed E-state index contributed by atoms with van der Waals surface area (Å²) >= 11 is 0. The molecule has 3 rings (SSSR count). The van der Waals surface area contributed by atoms with Crippen molar-refractivity contribution in [2.45, 2.75) is 12.3 Å². The lowest BCUT2D eigenvalue weighted by molar-refractivity contribution is -0.452. The molecule has 4 N–H and O–H groups in total. The van der Waals surface area contributed by atoms with E-state index in [9.17, 15) is 15.0 Å². The molecule has 1 aliphatic rings. The van der Waals surface area contributed by atoms with Crippen LogP contribution in [-0.4, -0.2) is 28.9 Å². The van der Waals surface area contributed by atoms with Gasteiger partial charge in [0.25, 0.3) is 0 Å². The van der Waals surface area contributed by atoms with Crippen LogP contribution in [0.2, 0.25) is 0 Å². The fourth-order valence-electron chi connectivity index (χ4n) is 2.54. The van der Waals surface area contributed by atoms with Gasteiger partial charge in [0.05, 0.1) is 0 Å². The van der Waals surface area contributed by atoms with Gasteiger partial charge in [-0.3, -0.25) is 9.79 Å². The van der Waals surface area contributed by atoms with Crippen molar-refractivity contribution in [3.05, 3.63) is 53.6 Å². The van der Waals surface area contributed by atoms with E-state index in [2.05, 4.69) is 10.3 Å². The molecule has 5 heteroatoms. The molecule has 0 radical (unpaired) electrons. The highest BCUT2D eigenvalue weighted by Gasteiger charge is 2.30. The van der Waals surface area contributed by atoms with Crippen molar-refractivity contribution in [2.24, 2.45) is 0 Å². The Hall–Kier alpha value is -2.82. The molecule has 2 aromatic carbocycles. The minimum Gasteiger partial charge on any atom is -0.504 e. The number of nitrogens with one attached hydrogen (secondary N) is 2. The van der Waals surface area contributed by atoms with Gasteiger partial charge in [-0.15, -0.1) is 0 Å². The monoisotopic (exact) mass is 297 g/mol. The average molecular weight is 297 g/mol. The second kappa shape index (κ2) is 5.89. The van der Waals surface area contributed by atoms with Gasteiger partial charge in [-0.1, -0.05) is 24.3 Å². The van der Waals surface area contributed by atoms with Crippen LogP contribution in [0.1, 0.15) is 17.0 Å². The Bertz CT molecular complexity index is 740. The standard InChI is InChI=1S/C17H16N2O3/c20-15-6-5-11(9-16(15)21)7-8-18-10-13-12-3-1-2-4-14(12)19-17(13)22/h1-6,9-10,13,20-21H,7-8H2,(H,19,22)/p+1. The van der Waals surface area contributed by atoms with Gasteiger partial charge in [0.15, 0.2) is 17.7 Å². The number of rotatable bonds is 4. The van der Waals surface area contributed by atoms with Crippen LogP contribution in [0.5, 0.6) is 11.5 Å². The highest BCUT2D eigenvalue weighted by molar-refractivity contribution is 6.11. The molecular weight excluding hydrogens is 280 g/mol. The number of aromatic hydroxyl groups is 2. The first kappa shape index (κ1) is 14.1. The Morgan fingerprint density at radius 3 is 2.77 bits per heavy atom. The van der Waals surface area contributed by atoms with E-state index in [1.165, 1.54) is 12.1 Å². The number of hydrogen-bond acceptors (Lipinski definition) is 3. The number of para-hydroxylation sites is 1. The Balaban J connectivity index is 1.63. The summed E-state index contributed by atoms with van der Waals surface area (Å²) in [6.07, 6.45) is 2.47. The summed E-state index contributed by atoms with van der Waals surface area (Å²) in [4.78, 5) is 15.1. The van der Waals surface area contributed by atoms with Crippen LogP contribution in [0.3, 0.4) is 0 Å². The molecule has 112 valence electrons. The summed E-state index contributed by atoms with van der Waals surface area (Å²) in [5.41, 5.74) is 2.74. The van der Waals surface area contributed by atoms with Gasteiger partial charge < -0.3 is 15.5 Å². The third kappa shape index (κ3) is 2.79. The predicted molar refractivity (Wildman–Crippen MR) is 83.2 cm³/mol. The second-order valence-electron chi connectivity index (χ2n) is 5.25. The zero-order valence-corrected chi connectivity index (χ0v) is 11.9. The molecule has 1 amide bonds. The SMILES string of the molecule is O=C1Nc2ccccc2C1C=[NH+]CCc1ccc(O)c(O)c1. The van der Waals surface area contributed by atoms with E-state index in [1.54, 1.807) is 12.3 Å². The third-order valence-corrected chi connectivity index (χ3v) is 3.72. The van der Waals surface area contributed by atoms with Crippen molar-refractivity contribution in [1.82, 2.24) is 0 Å². The maximum absolute atomic E-state index is 11.9. The van der Waals surface area contributed by atoms with E-state index in [-0.39, 0.29) is 23.3 Å². The van der Waals surface area contributed by atoms with Crippen molar-refractivity contribution in [3.63, 3.8) is 0 Å². The van der Waals surface area contributed by atoms with Gasteiger partial charge in [-0.25, -0.2) is 0 Å². The lowest BCUT2D eigenvalue weighted by Gasteiger charge is -2.00. The largest absolute Gasteiger partial charge is 0.504 e. The van der Waals surface area contributed by atoms with E-state index >= 15 is 0 Å². The normalized spacial score (nSPS) is 16.7. The number of benzene rings is 2. The maximum atomic E-state index is 11.9. The van der Waals surface area contributed by atoms with E-state index in [1.807, 2.05) is 24.3 Å². The fraction of sp³-hybridized carbons (Fsp3) is 0.176. The van der Waals surface area contributed by atoms with E-state index in [0.717, 1.165) is 16.8 Å². The maximum Gasteiger partial charge on any atom is 0.241 e. The molecule has 1 atom stereocenters. The predicted octanol–water partition coefficient (Wildman–Crippen LogP) is 0.528. The number of carbonyl (C=O) groups is 1. The van der Waals surface area contributed by atoms with Crippen LogP contribution >= 0.6 is 0 Å². The molecule has 22 heavy (non-hydrogen) atoms. The van der Waals surface area contributed by atoms with Crippen LogP contribution in [0.4, 0.5) is 5.69 Å². The van der Waals surface area contributed by atoms with Gasteiger partial charge in [-0.2, -0.15) is 0 Å². The summed E-state index contributed by atoms with van der Waals surface area (Å²) < 4.78 is 0. The zero-order valence-electron chi connectivity index (χ0n) is 11.9. The van der Waals surface area contributed by atoms with Crippen LogP contribution in [0, 0.1) is 0 Å². The molecule has 5 nitrogen and oxygen atoms in total. The fourth-order valence-corrected chi connectivity index (χ4v) is 2.54. The highest BCUT2D eigenvalue weighted by Crippen LogP contribution is 2.30. The Kier molecular flexibility index (Phi) is 3.78. The Labute approximate surface area is 128 Å². The van der Waals surface area contributed by atoms with Crippen molar-refractivity contribution in [3.8, 4) is 11.5 Å². The average Bonchev–Trinajstić information content (AvgIpc) is 2.83. The zero-order chi connectivity index (χ0) is 15.5. The van der Waals surface area contributed by atoms with Crippen molar-refractivity contribution in [1.29, 1.82) is 0 Å². The summed E-state index contributed by atoms with van der Waals surface area (Å²) in [5.74, 6) is -0.562. The minimum absolute atomic E-state index is 0.0315. The first-order valence-corrected chi connectivity index (χ1v) is 7.12. The minimum atomic E-state index is -0.288. The number of phenolic OH excluding ortho intramolecular Hbond substituents is 2. The van der Waals surface area contributed by atoms with Gasteiger partial charge >= 0.3 is 0 Å². The van der Waals surface area contributed by atoms with Gasteiger partial charge in [-0.05, 0) is 29.3 Å². The van der Waals surface area contributed by atoms with Gasteiger partial charge in [0.2, 0.25) is 5.91 Å². The highest BCUT2D eigenvalue weighted by atomic mass is 16.3. The number of hydrogen-bond donors (Lipinski definition) is 4. The smallest absolute Gasteiger partial charge is 0.241 e. The summed E-state index contributed by atoms with van der Waals surface area (Å²) in [6, 6.07) is 12.4. The number of amides is 1. The Morgan fingerprint density at radius 1 is 1.14 bits per heavy atom. The second-order valence-corrected chi connectivity index (χ2v) is 5.25. The summed E-state index contributed by atoms with van der Waals surface area (Å²) in [5, 5.41) is 21.6. The molecule has 0 spiro atoms. The van der Waals surface area contributed by atoms with Crippen LogP contribution in [-0.2, 0) is 11.2 Å². The first-order chi connectivity index (χ1) is 10.6. The van der Waals surface area contributed by atoms with Crippen molar-refractivity contribution >= 4 is 17.8 Å². The van der Waals surface area contributed by atoms with Gasteiger partial charge in [0.1, 0.15) is 12.5 Å². The lowest BCUT2D eigenvalue weighted by atomic mass is 10.0. The molecule has 2 aromatic rings. The van der Waals surface area contributed by atoms with Crippen LogP contribution < -0.4 is 10.3 Å². The van der Waals surface area contributed by atoms with Crippen LogP contribution in [0.15, 0.2) is 42.5 Å². The quantitative estimate of drug-likeness (QED) is 0.491. The third-order valence-electron chi connectivity index (χ3n) is 3.72. The Morgan fingerprint density at radius 2 is 1.95 bits per heavy atom. The number of carbonyl (C=O) groups excluding carboxylic acids is 1. The molecule has 0 saturated carbocycles. The molecule has 0 bridgehead atoms. The topological polar surface area (TPSA) is 83.5 Å². The molecule has 0 aliphatic carbocycles. The van der Waals surface area contributed by atoms with Crippen molar-refractivity contribution in [2.75, 3.05) is 11.9 Å². The molecule has 1 unspecified atom stereocenters. The first-order valence-electron chi connectivity index (χ1n) is 7.12. The number of fused-ring (bicyclic) bond motifs is 1. The van der Waals surface area contributed by atoms with E-state index in [4.69, 9.17) is 0 Å². The van der Waals surface area contributed by atoms with Crippen LogP contribution in [0.25, 0.3) is 0 Å². The van der Waals surface area contributed by atoms with E-state index in [0.29, 0.717) is 13.0 Å². The molecular formula is C17H17N2O3+. The summed E-state index contributed by atoms with van der Waals surface area (Å²) in [6.45, 7) is 0.635. The molecule has 1 heterocycles.